The Morgan fingerprint density at radius 1 is 1.24 bits per heavy atom. The minimum absolute atomic E-state index is 0.134. The average molecular weight is 323 g/mol. The Morgan fingerprint density at radius 2 is 1.90 bits per heavy atom. The minimum Gasteiger partial charge on any atom is -0.317 e. The molecule has 0 aliphatic heterocycles. The van der Waals surface area contributed by atoms with E-state index in [1.54, 1.807) is 0 Å². The van der Waals surface area contributed by atoms with E-state index in [0.717, 1.165) is 18.6 Å². The Kier molecular flexibility index (Phi) is 6.22. The highest BCUT2D eigenvalue weighted by atomic mass is 32.2. The highest BCUT2D eigenvalue weighted by molar-refractivity contribution is 7.91. The predicted molar refractivity (Wildman–Crippen MR) is 75.9 cm³/mol. The van der Waals surface area contributed by atoms with E-state index in [9.17, 15) is 21.6 Å². The topological polar surface area (TPSA) is 46.2 Å². The van der Waals surface area contributed by atoms with Gasteiger partial charge in [0.25, 0.3) is 0 Å². The van der Waals surface area contributed by atoms with Gasteiger partial charge in [-0.2, -0.15) is 13.2 Å². The summed E-state index contributed by atoms with van der Waals surface area (Å²) in [6.07, 6.45) is -2.56. The number of benzene rings is 1. The minimum atomic E-state index is -4.53. The average Bonchev–Trinajstić information content (AvgIpc) is 2.42. The van der Waals surface area contributed by atoms with Crippen LogP contribution in [0, 0.1) is 0 Å². The fourth-order valence-corrected chi connectivity index (χ4v) is 3.28. The third-order valence-electron chi connectivity index (χ3n) is 3.31. The van der Waals surface area contributed by atoms with Crippen molar-refractivity contribution >= 4 is 9.84 Å². The summed E-state index contributed by atoms with van der Waals surface area (Å²) in [6.45, 7) is 1.99. The monoisotopic (exact) mass is 323 g/mol. The molecule has 0 amide bonds. The predicted octanol–water partition coefficient (Wildman–Crippen LogP) is 3.26. The zero-order valence-corrected chi connectivity index (χ0v) is 12.9. The summed E-state index contributed by atoms with van der Waals surface area (Å²) in [5, 5.41) is 3.04. The molecule has 0 bridgehead atoms. The maximum atomic E-state index is 12.6. The quantitative estimate of drug-likeness (QED) is 0.784. The second-order valence-electron chi connectivity index (χ2n) is 5.03. The molecule has 0 spiro atoms. The van der Waals surface area contributed by atoms with Crippen molar-refractivity contribution in [3.63, 3.8) is 0 Å². The first-order valence-corrected chi connectivity index (χ1v) is 8.39. The van der Waals surface area contributed by atoms with E-state index in [1.165, 1.54) is 6.07 Å². The summed E-state index contributed by atoms with van der Waals surface area (Å²) in [5.74, 6) is -0.134. The summed E-state index contributed by atoms with van der Waals surface area (Å²) >= 11 is 0. The molecule has 1 N–H and O–H groups in total. The van der Waals surface area contributed by atoms with E-state index < -0.39 is 21.6 Å². The van der Waals surface area contributed by atoms with E-state index in [1.807, 2.05) is 14.0 Å². The van der Waals surface area contributed by atoms with E-state index in [2.05, 4.69) is 5.32 Å². The largest absolute Gasteiger partial charge is 0.416 e. The maximum Gasteiger partial charge on any atom is 0.416 e. The van der Waals surface area contributed by atoms with Gasteiger partial charge in [-0.15, -0.1) is 0 Å². The van der Waals surface area contributed by atoms with Crippen LogP contribution in [0.25, 0.3) is 0 Å². The first kappa shape index (κ1) is 18.0. The van der Waals surface area contributed by atoms with Crippen LogP contribution in [0.2, 0.25) is 0 Å². The van der Waals surface area contributed by atoms with Crippen LogP contribution in [0.15, 0.2) is 29.2 Å². The third kappa shape index (κ3) is 5.67. The number of nitrogens with one attached hydrogen (secondary N) is 1. The van der Waals surface area contributed by atoms with Crippen LogP contribution < -0.4 is 5.32 Å². The molecule has 0 fully saturated rings. The van der Waals surface area contributed by atoms with Gasteiger partial charge in [0.05, 0.1) is 16.2 Å². The summed E-state index contributed by atoms with van der Waals surface area (Å²) < 4.78 is 61.9. The number of sulfone groups is 1. The molecule has 120 valence electrons. The molecule has 0 radical (unpaired) electrons. The molecule has 0 aromatic heterocycles. The number of alkyl halides is 3. The normalized spacial score (nSPS) is 14.1. The van der Waals surface area contributed by atoms with Gasteiger partial charge < -0.3 is 5.32 Å². The van der Waals surface area contributed by atoms with E-state index in [-0.39, 0.29) is 10.6 Å². The lowest BCUT2D eigenvalue weighted by Crippen LogP contribution is -2.21. The molecule has 1 aromatic carbocycles. The number of halogens is 3. The molecule has 1 atom stereocenters. The van der Waals surface area contributed by atoms with Crippen molar-refractivity contribution in [1.29, 1.82) is 0 Å². The molecule has 0 saturated carbocycles. The Labute approximate surface area is 123 Å². The van der Waals surface area contributed by atoms with E-state index in [0.29, 0.717) is 24.9 Å². The van der Waals surface area contributed by atoms with Crippen LogP contribution in [0.3, 0.4) is 0 Å². The summed E-state index contributed by atoms with van der Waals surface area (Å²) in [4.78, 5) is -0.265. The van der Waals surface area contributed by atoms with Crippen LogP contribution in [0.4, 0.5) is 13.2 Å². The van der Waals surface area contributed by atoms with Gasteiger partial charge in [0.15, 0.2) is 9.84 Å². The smallest absolute Gasteiger partial charge is 0.317 e. The van der Waals surface area contributed by atoms with Crippen LogP contribution >= 0.6 is 0 Å². The second kappa shape index (κ2) is 7.26. The highest BCUT2D eigenvalue weighted by Gasteiger charge is 2.31. The Bertz CT molecular complexity index is 556. The first-order valence-electron chi connectivity index (χ1n) is 6.74. The number of rotatable bonds is 7. The SMILES string of the molecule is CNC(C)CCCCS(=O)(=O)c1cccc(C(F)(F)F)c1. The number of hydrogen-bond donors (Lipinski definition) is 1. The number of hydrogen-bond acceptors (Lipinski definition) is 3. The second-order valence-corrected chi connectivity index (χ2v) is 7.14. The molecule has 0 heterocycles. The van der Waals surface area contributed by atoms with Crippen molar-refractivity contribution in [1.82, 2.24) is 5.32 Å². The fraction of sp³-hybridized carbons (Fsp3) is 0.571. The van der Waals surface area contributed by atoms with Gasteiger partial charge in [-0.25, -0.2) is 8.42 Å². The molecule has 0 aliphatic carbocycles. The molecule has 1 aromatic rings. The van der Waals surface area contributed by atoms with Crippen molar-refractivity contribution in [3.05, 3.63) is 29.8 Å². The molecule has 7 heteroatoms. The van der Waals surface area contributed by atoms with Gasteiger partial charge >= 0.3 is 6.18 Å². The van der Waals surface area contributed by atoms with Crippen molar-refractivity contribution in [3.8, 4) is 0 Å². The van der Waals surface area contributed by atoms with Gasteiger partial charge in [0.2, 0.25) is 0 Å². The molecule has 0 aliphatic rings. The van der Waals surface area contributed by atoms with Gasteiger partial charge in [-0.1, -0.05) is 12.5 Å². The van der Waals surface area contributed by atoms with Crippen molar-refractivity contribution in [2.24, 2.45) is 0 Å². The molecule has 1 unspecified atom stereocenters. The van der Waals surface area contributed by atoms with Crippen LogP contribution in [-0.4, -0.2) is 27.3 Å². The molecule has 1 rings (SSSR count). The Hall–Kier alpha value is -1.08. The highest BCUT2D eigenvalue weighted by Crippen LogP contribution is 2.30. The van der Waals surface area contributed by atoms with Crippen molar-refractivity contribution in [2.75, 3.05) is 12.8 Å². The molecule has 21 heavy (non-hydrogen) atoms. The van der Waals surface area contributed by atoms with Gasteiger partial charge in [0.1, 0.15) is 0 Å². The van der Waals surface area contributed by atoms with Crippen LogP contribution in [0.1, 0.15) is 31.7 Å². The van der Waals surface area contributed by atoms with Gasteiger partial charge in [-0.05, 0) is 45.0 Å². The first-order chi connectivity index (χ1) is 9.66. The third-order valence-corrected chi connectivity index (χ3v) is 5.11. The summed E-state index contributed by atoms with van der Waals surface area (Å²) in [6, 6.07) is 4.19. The summed E-state index contributed by atoms with van der Waals surface area (Å²) in [5.41, 5.74) is -0.938. The Balaban J connectivity index is 2.71. The van der Waals surface area contributed by atoms with Crippen LogP contribution in [-0.2, 0) is 16.0 Å². The zero-order valence-electron chi connectivity index (χ0n) is 12.1. The summed E-state index contributed by atoms with van der Waals surface area (Å²) in [7, 11) is -1.84. The lowest BCUT2D eigenvalue weighted by atomic mass is 10.1. The fourth-order valence-electron chi connectivity index (χ4n) is 1.87. The van der Waals surface area contributed by atoms with Crippen LogP contribution in [0.5, 0.6) is 0 Å². The standard InChI is InChI=1S/C14H20F3NO2S/c1-11(18-2)6-3-4-9-21(19,20)13-8-5-7-12(10-13)14(15,16)17/h5,7-8,10-11,18H,3-4,6,9H2,1-2H3. The van der Waals surface area contributed by atoms with E-state index in [4.69, 9.17) is 0 Å². The number of unbranched alkanes of at least 4 members (excludes halogenated alkanes) is 1. The molecular formula is C14H20F3NO2S. The maximum absolute atomic E-state index is 12.6. The Morgan fingerprint density at radius 3 is 2.48 bits per heavy atom. The van der Waals surface area contributed by atoms with Crippen molar-refractivity contribution < 1.29 is 21.6 Å². The van der Waals surface area contributed by atoms with E-state index >= 15 is 0 Å². The molecule has 0 saturated heterocycles. The zero-order chi connectivity index (χ0) is 16.1. The molecule has 3 nitrogen and oxygen atoms in total. The molecular weight excluding hydrogens is 303 g/mol. The lowest BCUT2D eigenvalue weighted by molar-refractivity contribution is -0.137. The van der Waals surface area contributed by atoms with Gasteiger partial charge in [-0.3, -0.25) is 0 Å². The lowest BCUT2D eigenvalue weighted by Gasteiger charge is -2.11. The van der Waals surface area contributed by atoms with Gasteiger partial charge in [0, 0.05) is 6.04 Å². The van der Waals surface area contributed by atoms with Crippen molar-refractivity contribution in [2.45, 2.75) is 43.3 Å².